The van der Waals surface area contributed by atoms with E-state index in [0.717, 1.165) is 12.8 Å². The Balaban J connectivity index is 2.68. The highest BCUT2D eigenvalue weighted by atomic mass is 16.3. The molecule has 1 rings (SSSR count). The van der Waals surface area contributed by atoms with E-state index in [2.05, 4.69) is 6.92 Å². The zero-order valence-electron chi connectivity index (χ0n) is 6.85. The zero-order valence-corrected chi connectivity index (χ0v) is 6.85. The monoisotopic (exact) mass is 140 g/mol. The van der Waals surface area contributed by atoms with Gasteiger partial charge in [-0.15, -0.1) is 0 Å². The highest BCUT2D eigenvalue weighted by Crippen LogP contribution is 2.29. The van der Waals surface area contributed by atoms with Crippen LogP contribution in [0.3, 0.4) is 0 Å². The van der Waals surface area contributed by atoms with Gasteiger partial charge in [-0.1, -0.05) is 12.5 Å². The van der Waals surface area contributed by atoms with Gasteiger partial charge in [-0.2, -0.15) is 0 Å². The van der Waals surface area contributed by atoms with Gasteiger partial charge in [-0.3, -0.25) is 0 Å². The zero-order chi connectivity index (χ0) is 7.56. The summed E-state index contributed by atoms with van der Waals surface area (Å²) in [5.74, 6) is 0. The smallest absolute Gasteiger partial charge is 0.0724 e. The predicted molar refractivity (Wildman–Crippen MR) is 42.8 cm³/mol. The second-order valence-corrected chi connectivity index (χ2v) is 3.01. The molecule has 1 N–H and O–H groups in total. The van der Waals surface area contributed by atoms with Crippen LogP contribution in [0.5, 0.6) is 0 Å². The first kappa shape index (κ1) is 7.80. The first-order valence-electron chi connectivity index (χ1n) is 4.14. The maximum Gasteiger partial charge on any atom is 0.0724 e. The molecule has 0 aromatic rings. The Morgan fingerprint density at radius 1 is 1.50 bits per heavy atom. The van der Waals surface area contributed by atoms with E-state index in [1.54, 1.807) is 0 Å². The van der Waals surface area contributed by atoms with E-state index in [1.807, 2.05) is 6.92 Å². The summed E-state index contributed by atoms with van der Waals surface area (Å²) in [7, 11) is 0. The lowest BCUT2D eigenvalue weighted by Gasteiger charge is -2.07. The maximum atomic E-state index is 9.30. The summed E-state index contributed by atoms with van der Waals surface area (Å²) >= 11 is 0. The van der Waals surface area contributed by atoms with Crippen LogP contribution in [0, 0.1) is 0 Å². The Kier molecular flexibility index (Phi) is 2.50. The topological polar surface area (TPSA) is 20.2 Å². The molecule has 0 aromatic heterocycles. The number of aliphatic hydroxyl groups excluding tert-OH is 1. The quantitative estimate of drug-likeness (QED) is 0.583. The lowest BCUT2D eigenvalue weighted by molar-refractivity contribution is 0.227. The minimum absolute atomic E-state index is 0.197. The summed E-state index contributed by atoms with van der Waals surface area (Å²) in [5, 5.41) is 9.30. The molecule has 1 atom stereocenters. The summed E-state index contributed by atoms with van der Waals surface area (Å²) in [6.45, 7) is 4.04. The van der Waals surface area contributed by atoms with Crippen molar-refractivity contribution in [1.29, 1.82) is 0 Å². The molecule has 0 radical (unpaired) electrons. The largest absolute Gasteiger partial charge is 0.389 e. The molecule has 0 unspecified atom stereocenters. The molecule has 0 bridgehead atoms. The van der Waals surface area contributed by atoms with Gasteiger partial charge in [0.2, 0.25) is 0 Å². The molecule has 0 aliphatic heterocycles. The molecule has 58 valence electrons. The molecule has 0 spiro atoms. The lowest BCUT2D eigenvalue weighted by Crippen LogP contribution is -2.03. The summed E-state index contributed by atoms with van der Waals surface area (Å²) in [4.78, 5) is 0. The van der Waals surface area contributed by atoms with Crippen molar-refractivity contribution in [2.24, 2.45) is 0 Å². The van der Waals surface area contributed by atoms with Gasteiger partial charge in [-0.25, -0.2) is 0 Å². The molecule has 1 aliphatic rings. The molecule has 1 heteroatoms. The fourth-order valence-electron chi connectivity index (χ4n) is 1.74. The molecular weight excluding hydrogens is 124 g/mol. The number of aliphatic hydroxyl groups is 1. The van der Waals surface area contributed by atoms with E-state index in [9.17, 15) is 5.11 Å². The summed E-state index contributed by atoms with van der Waals surface area (Å²) < 4.78 is 0. The molecule has 0 heterocycles. The van der Waals surface area contributed by atoms with Crippen LogP contribution >= 0.6 is 0 Å². The van der Waals surface area contributed by atoms with E-state index in [1.165, 1.54) is 24.0 Å². The van der Waals surface area contributed by atoms with Gasteiger partial charge in [0.25, 0.3) is 0 Å². The van der Waals surface area contributed by atoms with Crippen LogP contribution in [0.1, 0.15) is 39.5 Å². The van der Waals surface area contributed by atoms with Crippen LogP contribution in [0.4, 0.5) is 0 Å². The minimum Gasteiger partial charge on any atom is -0.389 e. The average Bonchev–Trinajstić information content (AvgIpc) is 2.33. The van der Waals surface area contributed by atoms with Crippen molar-refractivity contribution in [2.75, 3.05) is 0 Å². The second-order valence-electron chi connectivity index (χ2n) is 3.01. The van der Waals surface area contributed by atoms with Crippen LogP contribution < -0.4 is 0 Å². The van der Waals surface area contributed by atoms with Gasteiger partial charge in [0, 0.05) is 0 Å². The molecule has 0 fully saturated rings. The van der Waals surface area contributed by atoms with Gasteiger partial charge >= 0.3 is 0 Å². The normalized spacial score (nSPS) is 21.9. The molecule has 0 aromatic carbocycles. The van der Waals surface area contributed by atoms with Gasteiger partial charge in [0.15, 0.2) is 0 Å². The van der Waals surface area contributed by atoms with Crippen molar-refractivity contribution in [3.63, 3.8) is 0 Å². The Hall–Kier alpha value is -0.300. The first-order chi connectivity index (χ1) is 4.75. The predicted octanol–water partition coefficient (Wildman–Crippen LogP) is 2.26. The Labute approximate surface area is 62.8 Å². The van der Waals surface area contributed by atoms with Crippen molar-refractivity contribution in [1.82, 2.24) is 0 Å². The summed E-state index contributed by atoms with van der Waals surface area (Å²) in [6, 6.07) is 0. The van der Waals surface area contributed by atoms with E-state index < -0.39 is 0 Å². The van der Waals surface area contributed by atoms with Crippen LogP contribution in [0.25, 0.3) is 0 Å². The van der Waals surface area contributed by atoms with Crippen molar-refractivity contribution in [3.8, 4) is 0 Å². The Morgan fingerprint density at radius 3 is 2.60 bits per heavy atom. The molecule has 0 amide bonds. The third-order valence-electron chi connectivity index (χ3n) is 2.31. The van der Waals surface area contributed by atoms with E-state index >= 15 is 0 Å². The highest BCUT2D eigenvalue weighted by molar-refractivity contribution is 5.21. The lowest BCUT2D eigenvalue weighted by atomic mass is 10.1. The molecule has 10 heavy (non-hydrogen) atoms. The fraction of sp³-hybridized carbons (Fsp3) is 0.778. The van der Waals surface area contributed by atoms with Crippen LogP contribution in [-0.2, 0) is 0 Å². The average molecular weight is 140 g/mol. The standard InChI is InChI=1S/C9H16O/c1-3-8-5-4-6-9(8)7(2)10/h7,10H,3-6H2,1-2H3/t7-/m0/s1. The van der Waals surface area contributed by atoms with Gasteiger partial charge < -0.3 is 5.11 Å². The van der Waals surface area contributed by atoms with E-state index in [-0.39, 0.29) is 6.10 Å². The number of hydrogen-bond donors (Lipinski definition) is 1. The maximum absolute atomic E-state index is 9.30. The number of allylic oxidation sites excluding steroid dienone is 1. The Bertz CT molecular complexity index is 145. The summed E-state index contributed by atoms with van der Waals surface area (Å²) in [6.07, 6.45) is 4.53. The fourth-order valence-corrected chi connectivity index (χ4v) is 1.74. The van der Waals surface area contributed by atoms with E-state index in [0.29, 0.717) is 0 Å². The van der Waals surface area contributed by atoms with E-state index in [4.69, 9.17) is 0 Å². The van der Waals surface area contributed by atoms with Crippen molar-refractivity contribution in [3.05, 3.63) is 11.1 Å². The minimum atomic E-state index is -0.197. The van der Waals surface area contributed by atoms with Gasteiger partial charge in [0.1, 0.15) is 0 Å². The van der Waals surface area contributed by atoms with Gasteiger partial charge in [-0.05, 0) is 38.2 Å². The first-order valence-corrected chi connectivity index (χ1v) is 4.14. The molecular formula is C9H16O. The molecule has 1 aliphatic carbocycles. The number of hydrogen-bond acceptors (Lipinski definition) is 1. The molecule has 0 saturated heterocycles. The van der Waals surface area contributed by atoms with Crippen molar-refractivity contribution in [2.45, 2.75) is 45.6 Å². The van der Waals surface area contributed by atoms with Crippen LogP contribution in [-0.4, -0.2) is 11.2 Å². The van der Waals surface area contributed by atoms with Crippen LogP contribution in [0.15, 0.2) is 11.1 Å². The van der Waals surface area contributed by atoms with Crippen LogP contribution in [0.2, 0.25) is 0 Å². The molecule has 1 nitrogen and oxygen atoms in total. The third-order valence-corrected chi connectivity index (χ3v) is 2.31. The Morgan fingerprint density at radius 2 is 2.20 bits per heavy atom. The SMILES string of the molecule is CCC1=C([C@H](C)O)CCC1. The second kappa shape index (κ2) is 3.20. The van der Waals surface area contributed by atoms with Crippen molar-refractivity contribution >= 4 is 0 Å². The van der Waals surface area contributed by atoms with Crippen molar-refractivity contribution < 1.29 is 5.11 Å². The van der Waals surface area contributed by atoms with Gasteiger partial charge in [0.05, 0.1) is 6.10 Å². The summed E-state index contributed by atoms with van der Waals surface area (Å²) in [5.41, 5.74) is 2.80. The number of rotatable bonds is 2. The highest BCUT2D eigenvalue weighted by Gasteiger charge is 2.15. The molecule has 0 saturated carbocycles. The third kappa shape index (κ3) is 1.40.